The second-order valence-electron chi connectivity index (χ2n) is 3.82. The molecule has 1 aromatic rings. The van der Waals surface area contributed by atoms with Crippen LogP contribution in [-0.2, 0) is 20.6 Å². The van der Waals surface area contributed by atoms with Gasteiger partial charge in [0.05, 0.1) is 0 Å². The highest BCUT2D eigenvalue weighted by atomic mass is 32.2. The van der Waals surface area contributed by atoms with Gasteiger partial charge in [-0.15, -0.1) is 0 Å². The van der Waals surface area contributed by atoms with Gasteiger partial charge in [-0.1, -0.05) is 12.1 Å². The van der Waals surface area contributed by atoms with E-state index in [2.05, 4.69) is 4.18 Å². The number of halogens is 4. The summed E-state index contributed by atoms with van der Waals surface area (Å²) < 4.78 is 75.0. The van der Waals surface area contributed by atoms with Crippen LogP contribution in [-0.4, -0.2) is 25.0 Å². The summed E-state index contributed by atoms with van der Waals surface area (Å²) in [4.78, 5) is 10.6. The molecule has 0 radical (unpaired) electrons. The minimum Gasteiger partial charge on any atom is -0.479 e. The van der Waals surface area contributed by atoms with Gasteiger partial charge < -0.3 is 9.29 Å². The topological polar surface area (TPSA) is 80.7 Å². The molecular weight excluding hydrogens is 308 g/mol. The van der Waals surface area contributed by atoms with Gasteiger partial charge in [0, 0.05) is 5.56 Å². The van der Waals surface area contributed by atoms with Crippen molar-refractivity contribution in [3.63, 3.8) is 0 Å². The van der Waals surface area contributed by atoms with Crippen molar-refractivity contribution in [3.8, 4) is 5.75 Å². The van der Waals surface area contributed by atoms with Crippen molar-refractivity contribution < 1.29 is 40.1 Å². The molecule has 0 amide bonds. The molecule has 0 saturated carbocycles. The summed E-state index contributed by atoms with van der Waals surface area (Å²) in [6, 6.07) is 3.07. The lowest BCUT2D eigenvalue weighted by Gasteiger charge is -2.16. The van der Waals surface area contributed by atoms with Crippen LogP contribution >= 0.6 is 0 Å². The number of hydrogen-bond acceptors (Lipinski definition) is 4. The van der Waals surface area contributed by atoms with Crippen molar-refractivity contribution in [2.75, 3.05) is 0 Å². The maximum absolute atomic E-state index is 13.7. The standard InChI is InChI=1S/C10H8F4O5S/c1-9(11,8(15)16)6-2-4-7(5-3-6)19-20(17,18)10(12,13)14/h2-5H,1H3,(H,15,16). The van der Waals surface area contributed by atoms with Gasteiger partial charge in [-0.05, 0) is 19.1 Å². The lowest BCUT2D eigenvalue weighted by molar-refractivity contribution is -0.150. The van der Waals surface area contributed by atoms with Crippen LogP contribution in [0.25, 0.3) is 0 Å². The van der Waals surface area contributed by atoms with Crippen LogP contribution < -0.4 is 4.18 Å². The Morgan fingerprint density at radius 1 is 1.15 bits per heavy atom. The Bertz CT molecular complexity index is 604. The number of benzene rings is 1. The van der Waals surface area contributed by atoms with Gasteiger partial charge in [-0.3, -0.25) is 0 Å². The first-order valence-corrected chi connectivity index (χ1v) is 6.32. The summed E-state index contributed by atoms with van der Waals surface area (Å²) in [5.41, 5.74) is -8.73. The zero-order chi connectivity index (χ0) is 15.8. The van der Waals surface area contributed by atoms with Crippen LogP contribution in [0.3, 0.4) is 0 Å². The van der Waals surface area contributed by atoms with Crippen LogP contribution in [0.5, 0.6) is 5.75 Å². The third-order valence-corrected chi connectivity index (χ3v) is 3.27. The van der Waals surface area contributed by atoms with E-state index in [0.717, 1.165) is 31.2 Å². The zero-order valence-corrected chi connectivity index (χ0v) is 10.6. The van der Waals surface area contributed by atoms with Gasteiger partial charge in [0.1, 0.15) is 5.75 Å². The first kappa shape index (κ1) is 16.2. The summed E-state index contributed by atoms with van der Waals surface area (Å²) >= 11 is 0. The molecule has 5 nitrogen and oxygen atoms in total. The molecule has 1 rings (SSSR count). The van der Waals surface area contributed by atoms with E-state index in [4.69, 9.17) is 5.11 Å². The highest BCUT2D eigenvalue weighted by Crippen LogP contribution is 2.30. The number of alkyl halides is 4. The molecule has 0 saturated heterocycles. The van der Waals surface area contributed by atoms with E-state index in [-0.39, 0.29) is 5.56 Å². The highest BCUT2D eigenvalue weighted by molar-refractivity contribution is 7.87. The normalized spacial score (nSPS) is 15.4. The fourth-order valence-electron chi connectivity index (χ4n) is 1.12. The first-order valence-electron chi connectivity index (χ1n) is 4.91. The first-order chi connectivity index (χ1) is 8.88. The number of carboxylic acid groups (broad SMARTS) is 1. The SMILES string of the molecule is CC(F)(C(=O)O)c1ccc(OS(=O)(=O)C(F)(F)F)cc1. The summed E-state index contributed by atoms with van der Waals surface area (Å²) in [7, 11) is -5.83. The van der Waals surface area contributed by atoms with E-state index in [1.54, 1.807) is 0 Å². The molecule has 10 heteroatoms. The quantitative estimate of drug-likeness (QED) is 0.523. The van der Waals surface area contributed by atoms with Crippen LogP contribution in [0.1, 0.15) is 12.5 Å². The number of hydrogen-bond donors (Lipinski definition) is 1. The molecule has 0 aromatic heterocycles. The predicted molar refractivity (Wildman–Crippen MR) is 58.1 cm³/mol. The van der Waals surface area contributed by atoms with E-state index in [0.29, 0.717) is 0 Å². The minimum atomic E-state index is -5.83. The summed E-state index contributed by atoms with van der Waals surface area (Å²) in [5, 5.41) is 8.61. The Labute approximate surface area is 110 Å². The molecule has 0 spiro atoms. The van der Waals surface area contributed by atoms with Gasteiger partial charge in [-0.2, -0.15) is 21.6 Å². The summed E-state index contributed by atoms with van der Waals surface area (Å²) in [6.07, 6.45) is 0. The fraction of sp³-hybridized carbons (Fsp3) is 0.300. The monoisotopic (exact) mass is 316 g/mol. The molecule has 0 bridgehead atoms. The van der Waals surface area contributed by atoms with Crippen LogP contribution in [0.4, 0.5) is 17.6 Å². The number of aliphatic carboxylic acids is 1. The molecule has 1 aromatic carbocycles. The molecule has 0 aliphatic heterocycles. The third-order valence-electron chi connectivity index (χ3n) is 2.29. The van der Waals surface area contributed by atoms with Crippen molar-refractivity contribution in [3.05, 3.63) is 29.8 Å². The van der Waals surface area contributed by atoms with Gasteiger partial charge in [-0.25, -0.2) is 9.18 Å². The molecule has 0 aliphatic rings. The van der Waals surface area contributed by atoms with Gasteiger partial charge >= 0.3 is 21.6 Å². The van der Waals surface area contributed by atoms with Gasteiger partial charge in [0.2, 0.25) is 5.67 Å². The third kappa shape index (κ3) is 3.18. The van der Waals surface area contributed by atoms with Crippen LogP contribution in [0.15, 0.2) is 24.3 Å². The zero-order valence-electron chi connectivity index (χ0n) is 9.81. The van der Waals surface area contributed by atoms with Crippen molar-refractivity contribution in [2.24, 2.45) is 0 Å². The molecule has 0 aliphatic carbocycles. The number of rotatable bonds is 4. The van der Waals surface area contributed by atoms with E-state index in [1.165, 1.54) is 0 Å². The molecular formula is C10H8F4O5S. The highest BCUT2D eigenvalue weighted by Gasteiger charge is 2.48. The average Bonchev–Trinajstić information content (AvgIpc) is 2.27. The number of carboxylic acids is 1. The van der Waals surface area contributed by atoms with Crippen molar-refractivity contribution in [1.29, 1.82) is 0 Å². The Hall–Kier alpha value is -1.84. The Morgan fingerprint density at radius 2 is 1.60 bits per heavy atom. The molecule has 1 N–H and O–H groups in total. The second kappa shape index (κ2) is 4.93. The lowest BCUT2D eigenvalue weighted by Crippen LogP contribution is -2.28. The molecule has 1 unspecified atom stereocenters. The smallest absolute Gasteiger partial charge is 0.479 e. The van der Waals surface area contributed by atoms with Crippen LogP contribution in [0.2, 0.25) is 0 Å². The average molecular weight is 316 g/mol. The van der Waals surface area contributed by atoms with E-state index < -0.39 is 33.0 Å². The van der Waals surface area contributed by atoms with Crippen molar-refractivity contribution in [2.45, 2.75) is 18.1 Å². The van der Waals surface area contributed by atoms with Crippen LogP contribution in [0, 0.1) is 0 Å². The molecule has 0 fully saturated rings. The molecule has 0 heterocycles. The van der Waals surface area contributed by atoms with E-state index >= 15 is 0 Å². The predicted octanol–water partition coefficient (Wildman–Crippen LogP) is 2.18. The Morgan fingerprint density at radius 3 is 1.95 bits per heavy atom. The Balaban J connectivity index is 3.03. The lowest BCUT2D eigenvalue weighted by atomic mass is 9.98. The van der Waals surface area contributed by atoms with E-state index in [1.807, 2.05) is 0 Å². The summed E-state index contributed by atoms with van der Waals surface area (Å²) in [6.45, 7) is 0.734. The fourth-order valence-corrected chi connectivity index (χ4v) is 1.58. The minimum absolute atomic E-state index is 0.373. The summed E-state index contributed by atoms with van der Waals surface area (Å²) in [5.74, 6) is -2.51. The molecule has 20 heavy (non-hydrogen) atoms. The Kier molecular flexibility index (Phi) is 3.99. The number of carbonyl (C=O) groups is 1. The maximum atomic E-state index is 13.7. The molecule has 112 valence electrons. The maximum Gasteiger partial charge on any atom is 0.534 e. The van der Waals surface area contributed by atoms with Gasteiger partial charge in [0.15, 0.2) is 0 Å². The van der Waals surface area contributed by atoms with Crippen molar-refractivity contribution in [1.82, 2.24) is 0 Å². The van der Waals surface area contributed by atoms with E-state index in [9.17, 15) is 30.8 Å². The largest absolute Gasteiger partial charge is 0.534 e. The van der Waals surface area contributed by atoms with Gasteiger partial charge in [0.25, 0.3) is 0 Å². The second-order valence-corrected chi connectivity index (χ2v) is 5.35. The molecule has 1 atom stereocenters. The van der Waals surface area contributed by atoms with Crippen molar-refractivity contribution >= 4 is 16.1 Å².